The number of aromatic nitrogens is 1. The maximum atomic E-state index is 13.7. The van der Waals surface area contributed by atoms with Crippen LogP contribution < -0.4 is 4.90 Å². The molecular weight excluding hydrogens is 301 g/mol. The Morgan fingerprint density at radius 2 is 1.95 bits per heavy atom. The van der Waals surface area contributed by atoms with E-state index in [0.29, 0.717) is 12.2 Å². The van der Waals surface area contributed by atoms with Crippen molar-refractivity contribution in [1.29, 1.82) is 0 Å². The van der Waals surface area contributed by atoms with E-state index in [9.17, 15) is 4.39 Å². The van der Waals surface area contributed by atoms with Crippen molar-refractivity contribution >= 4 is 17.3 Å². The molecule has 2 aromatic rings. The lowest BCUT2D eigenvalue weighted by molar-refractivity contribution is 0.243. The molecule has 0 bridgehead atoms. The molecule has 1 saturated heterocycles. The van der Waals surface area contributed by atoms with Gasteiger partial charge in [0.05, 0.1) is 5.69 Å². The summed E-state index contributed by atoms with van der Waals surface area (Å²) in [5, 5.41) is 0.763. The second-order valence-corrected chi connectivity index (χ2v) is 6.06. The minimum atomic E-state index is -0.226. The highest BCUT2D eigenvalue weighted by Gasteiger charge is 2.19. The van der Waals surface area contributed by atoms with E-state index in [1.165, 1.54) is 17.3 Å². The lowest BCUT2D eigenvalue weighted by Gasteiger charge is -2.36. The normalized spacial score (nSPS) is 16.0. The number of pyridine rings is 1. The Morgan fingerprint density at radius 3 is 2.68 bits per heavy atom. The van der Waals surface area contributed by atoms with E-state index in [-0.39, 0.29) is 5.82 Å². The Labute approximate surface area is 135 Å². The van der Waals surface area contributed by atoms with Gasteiger partial charge in [0, 0.05) is 49.6 Å². The molecule has 1 fully saturated rings. The zero-order valence-electron chi connectivity index (χ0n) is 12.6. The number of benzene rings is 1. The first kappa shape index (κ1) is 15.3. The lowest BCUT2D eigenvalue weighted by Crippen LogP contribution is -2.46. The van der Waals surface area contributed by atoms with Crippen molar-refractivity contribution < 1.29 is 4.39 Å². The van der Waals surface area contributed by atoms with Crippen LogP contribution in [0.25, 0.3) is 0 Å². The van der Waals surface area contributed by atoms with E-state index in [2.05, 4.69) is 21.7 Å². The van der Waals surface area contributed by atoms with E-state index in [1.807, 2.05) is 18.2 Å². The minimum absolute atomic E-state index is 0.226. The van der Waals surface area contributed by atoms with Gasteiger partial charge in [-0.05, 0) is 36.8 Å². The summed E-state index contributed by atoms with van der Waals surface area (Å²) in [5.41, 5.74) is 2.94. The largest absolute Gasteiger partial charge is 0.369 e. The molecule has 0 N–H and O–H groups in total. The van der Waals surface area contributed by atoms with Gasteiger partial charge in [-0.1, -0.05) is 17.7 Å². The second kappa shape index (κ2) is 6.63. The standard InChI is InChI=1S/C17H19ClFN3/c1-13-4-5-14(18)11-17(13)22-9-7-21(8-10-22)12-16-15(19)3-2-6-20-16/h2-6,11H,7-10,12H2,1H3. The number of aryl methyl sites for hydroxylation is 1. The fourth-order valence-corrected chi connectivity index (χ4v) is 2.98. The monoisotopic (exact) mass is 319 g/mol. The number of piperazine rings is 1. The summed E-state index contributed by atoms with van der Waals surface area (Å²) in [4.78, 5) is 8.71. The predicted molar refractivity (Wildman–Crippen MR) is 87.9 cm³/mol. The number of rotatable bonds is 3. The first-order valence-corrected chi connectivity index (χ1v) is 7.84. The van der Waals surface area contributed by atoms with Gasteiger partial charge in [0.15, 0.2) is 0 Å². The highest BCUT2D eigenvalue weighted by molar-refractivity contribution is 6.30. The summed E-state index contributed by atoms with van der Waals surface area (Å²) in [6, 6.07) is 9.07. The van der Waals surface area contributed by atoms with Crippen molar-refractivity contribution in [3.8, 4) is 0 Å². The van der Waals surface area contributed by atoms with E-state index in [0.717, 1.165) is 31.2 Å². The molecule has 2 heterocycles. The van der Waals surface area contributed by atoms with Crippen molar-refractivity contribution in [3.63, 3.8) is 0 Å². The van der Waals surface area contributed by atoms with Crippen LogP contribution in [0.4, 0.5) is 10.1 Å². The first-order valence-electron chi connectivity index (χ1n) is 7.46. The zero-order chi connectivity index (χ0) is 15.5. The van der Waals surface area contributed by atoms with Crippen LogP contribution in [0.1, 0.15) is 11.3 Å². The van der Waals surface area contributed by atoms with Gasteiger partial charge in [-0.15, -0.1) is 0 Å². The van der Waals surface area contributed by atoms with Crippen molar-refractivity contribution in [1.82, 2.24) is 9.88 Å². The Bertz CT molecular complexity index is 654. The molecule has 0 amide bonds. The summed E-state index contributed by atoms with van der Waals surface area (Å²) >= 11 is 6.10. The van der Waals surface area contributed by atoms with E-state index in [4.69, 9.17) is 11.6 Å². The van der Waals surface area contributed by atoms with Gasteiger partial charge in [0.2, 0.25) is 0 Å². The third-order valence-corrected chi connectivity index (χ3v) is 4.33. The minimum Gasteiger partial charge on any atom is -0.369 e. The average molecular weight is 320 g/mol. The molecule has 0 spiro atoms. The SMILES string of the molecule is Cc1ccc(Cl)cc1N1CCN(Cc2ncccc2F)CC1. The Morgan fingerprint density at radius 1 is 1.18 bits per heavy atom. The van der Waals surface area contributed by atoms with E-state index in [1.54, 1.807) is 12.3 Å². The maximum Gasteiger partial charge on any atom is 0.146 e. The summed E-state index contributed by atoms with van der Waals surface area (Å²) in [5.74, 6) is -0.226. The molecule has 22 heavy (non-hydrogen) atoms. The second-order valence-electron chi connectivity index (χ2n) is 5.63. The summed E-state index contributed by atoms with van der Waals surface area (Å²) in [7, 11) is 0. The Hall–Kier alpha value is -1.65. The molecule has 0 unspecified atom stereocenters. The van der Waals surface area contributed by atoms with Gasteiger partial charge in [-0.3, -0.25) is 9.88 Å². The Kier molecular flexibility index (Phi) is 4.60. The van der Waals surface area contributed by atoms with Crippen LogP contribution in [0, 0.1) is 12.7 Å². The van der Waals surface area contributed by atoms with E-state index >= 15 is 0 Å². The number of halogens is 2. The van der Waals surface area contributed by atoms with Gasteiger partial charge >= 0.3 is 0 Å². The molecule has 1 aliphatic heterocycles. The molecule has 0 aliphatic carbocycles. The van der Waals surface area contributed by atoms with Gasteiger partial charge in [-0.2, -0.15) is 0 Å². The van der Waals surface area contributed by atoms with Crippen LogP contribution >= 0.6 is 11.6 Å². The van der Waals surface area contributed by atoms with Crippen LogP contribution in [0.5, 0.6) is 0 Å². The molecule has 1 aromatic heterocycles. The molecule has 0 saturated carbocycles. The maximum absolute atomic E-state index is 13.7. The molecular formula is C17H19ClFN3. The third kappa shape index (κ3) is 3.39. The predicted octanol–water partition coefficient (Wildman–Crippen LogP) is 3.50. The molecule has 0 atom stereocenters. The third-order valence-electron chi connectivity index (χ3n) is 4.09. The summed E-state index contributed by atoms with van der Waals surface area (Å²) in [6.45, 7) is 6.27. The van der Waals surface area contributed by atoms with Crippen molar-refractivity contribution in [2.24, 2.45) is 0 Å². The average Bonchev–Trinajstić information content (AvgIpc) is 2.53. The van der Waals surface area contributed by atoms with Crippen molar-refractivity contribution in [2.75, 3.05) is 31.1 Å². The molecule has 1 aliphatic rings. The van der Waals surface area contributed by atoms with Gasteiger partial charge in [0.1, 0.15) is 5.82 Å². The van der Waals surface area contributed by atoms with Crippen LogP contribution in [0.3, 0.4) is 0 Å². The smallest absolute Gasteiger partial charge is 0.146 e. The summed E-state index contributed by atoms with van der Waals surface area (Å²) < 4.78 is 13.7. The quantitative estimate of drug-likeness (QED) is 0.863. The number of anilines is 1. The van der Waals surface area contributed by atoms with Crippen LogP contribution in [-0.4, -0.2) is 36.1 Å². The number of nitrogens with zero attached hydrogens (tertiary/aromatic N) is 3. The molecule has 5 heteroatoms. The van der Waals surface area contributed by atoms with Crippen LogP contribution in [0.2, 0.25) is 5.02 Å². The molecule has 0 radical (unpaired) electrons. The van der Waals surface area contributed by atoms with Gasteiger partial charge < -0.3 is 4.90 Å². The molecule has 1 aromatic carbocycles. The zero-order valence-corrected chi connectivity index (χ0v) is 13.4. The summed E-state index contributed by atoms with van der Waals surface area (Å²) in [6.07, 6.45) is 1.64. The Balaban J connectivity index is 1.63. The number of hydrogen-bond acceptors (Lipinski definition) is 3. The van der Waals surface area contributed by atoms with Crippen molar-refractivity contribution in [2.45, 2.75) is 13.5 Å². The topological polar surface area (TPSA) is 19.4 Å². The molecule has 3 rings (SSSR count). The van der Waals surface area contributed by atoms with Crippen LogP contribution in [0.15, 0.2) is 36.5 Å². The number of hydrogen-bond donors (Lipinski definition) is 0. The highest BCUT2D eigenvalue weighted by Crippen LogP contribution is 2.25. The first-order chi connectivity index (χ1) is 10.6. The lowest BCUT2D eigenvalue weighted by atomic mass is 10.1. The van der Waals surface area contributed by atoms with Crippen molar-refractivity contribution in [3.05, 3.63) is 58.6 Å². The van der Waals surface area contributed by atoms with Gasteiger partial charge in [-0.25, -0.2) is 4.39 Å². The molecule has 116 valence electrons. The fourth-order valence-electron chi connectivity index (χ4n) is 2.82. The van der Waals surface area contributed by atoms with Gasteiger partial charge in [0.25, 0.3) is 0 Å². The highest BCUT2D eigenvalue weighted by atomic mass is 35.5. The fraction of sp³-hybridized carbons (Fsp3) is 0.353. The van der Waals surface area contributed by atoms with E-state index < -0.39 is 0 Å². The molecule has 3 nitrogen and oxygen atoms in total. The van der Waals surface area contributed by atoms with Crippen LogP contribution in [-0.2, 0) is 6.54 Å².